The van der Waals surface area contributed by atoms with E-state index in [9.17, 15) is 15.0 Å². The maximum absolute atomic E-state index is 11.6. The molecule has 184 valence electrons. The number of aliphatic hydroxyl groups excluding tert-OH is 2. The first-order valence-corrected chi connectivity index (χ1v) is 11.5. The van der Waals surface area contributed by atoms with Gasteiger partial charge >= 0.3 is 5.97 Å². The van der Waals surface area contributed by atoms with Crippen LogP contribution in [0.1, 0.15) is 70.9 Å². The minimum Gasteiger partial charge on any atom is -0.469 e. The molecule has 0 aliphatic carbocycles. The van der Waals surface area contributed by atoms with Gasteiger partial charge in [-0.25, -0.2) is 0 Å². The molecule has 0 radical (unpaired) electrons. The van der Waals surface area contributed by atoms with E-state index in [-0.39, 0.29) is 24.8 Å². The van der Waals surface area contributed by atoms with Crippen LogP contribution in [-0.2, 0) is 32.2 Å². The Hall–Kier alpha value is -1.67. The standard InChI is InChI=1S/C25H43NO6/c1-7-24(3,31-6)11-13-32-25(4,8-2)19-26(12-9-10-23(29)30-5)22-15-20(17-27)14-21(16-22)18-28/h14-16,27-28H,7-13,17-19H2,1-6H3/t24?,25-/m1/s1. The zero-order valence-corrected chi connectivity index (χ0v) is 20.8. The Morgan fingerprint density at radius 1 is 1.00 bits per heavy atom. The van der Waals surface area contributed by atoms with E-state index in [1.54, 1.807) is 13.2 Å². The molecule has 0 amide bonds. The van der Waals surface area contributed by atoms with Gasteiger partial charge in [0.05, 0.1) is 38.1 Å². The van der Waals surface area contributed by atoms with Gasteiger partial charge in [0, 0.05) is 32.3 Å². The van der Waals surface area contributed by atoms with E-state index in [1.807, 2.05) is 12.1 Å². The summed E-state index contributed by atoms with van der Waals surface area (Å²) in [6.45, 7) is 10.0. The number of hydrogen-bond acceptors (Lipinski definition) is 7. The van der Waals surface area contributed by atoms with Crippen molar-refractivity contribution in [3.63, 3.8) is 0 Å². The lowest BCUT2D eigenvalue weighted by atomic mass is 9.98. The van der Waals surface area contributed by atoms with Gasteiger partial charge in [0.15, 0.2) is 0 Å². The summed E-state index contributed by atoms with van der Waals surface area (Å²) in [5.41, 5.74) is 1.75. The molecule has 1 aromatic rings. The van der Waals surface area contributed by atoms with Crippen molar-refractivity contribution in [2.45, 2.75) is 84.2 Å². The molecule has 0 saturated heterocycles. The fourth-order valence-electron chi connectivity index (χ4n) is 3.52. The normalized spacial score (nSPS) is 15.1. The second kappa shape index (κ2) is 13.8. The van der Waals surface area contributed by atoms with Crippen molar-refractivity contribution in [2.24, 2.45) is 0 Å². The number of rotatable bonds is 16. The van der Waals surface area contributed by atoms with Crippen molar-refractivity contribution in [3.8, 4) is 0 Å². The van der Waals surface area contributed by atoms with E-state index >= 15 is 0 Å². The third-order valence-corrected chi connectivity index (χ3v) is 6.40. The Labute approximate surface area is 193 Å². The van der Waals surface area contributed by atoms with Gasteiger partial charge < -0.3 is 29.3 Å². The number of aliphatic hydroxyl groups is 2. The molecule has 1 unspecified atom stereocenters. The van der Waals surface area contributed by atoms with Gasteiger partial charge in [-0.3, -0.25) is 4.79 Å². The quantitative estimate of drug-likeness (QED) is 0.368. The Morgan fingerprint density at radius 2 is 1.59 bits per heavy atom. The summed E-state index contributed by atoms with van der Waals surface area (Å²) >= 11 is 0. The van der Waals surface area contributed by atoms with Crippen LogP contribution < -0.4 is 4.90 Å². The summed E-state index contributed by atoms with van der Waals surface area (Å²) in [6.07, 6.45) is 3.47. The molecule has 0 aromatic heterocycles. The molecule has 2 atom stereocenters. The number of anilines is 1. The second-order valence-corrected chi connectivity index (χ2v) is 8.83. The monoisotopic (exact) mass is 453 g/mol. The highest BCUT2D eigenvalue weighted by Gasteiger charge is 2.29. The van der Waals surface area contributed by atoms with Crippen LogP contribution in [0.5, 0.6) is 0 Å². The maximum atomic E-state index is 11.6. The van der Waals surface area contributed by atoms with Crippen molar-refractivity contribution < 1.29 is 29.2 Å². The fourth-order valence-corrected chi connectivity index (χ4v) is 3.52. The molecule has 1 rings (SSSR count). The van der Waals surface area contributed by atoms with Gasteiger partial charge in [-0.05, 0) is 62.8 Å². The van der Waals surface area contributed by atoms with Crippen molar-refractivity contribution in [3.05, 3.63) is 29.3 Å². The van der Waals surface area contributed by atoms with Crippen LogP contribution in [0, 0.1) is 0 Å². The van der Waals surface area contributed by atoms with Crippen molar-refractivity contribution in [1.29, 1.82) is 0 Å². The number of carbonyl (C=O) groups excluding carboxylic acids is 1. The predicted molar refractivity (Wildman–Crippen MR) is 127 cm³/mol. The van der Waals surface area contributed by atoms with Crippen LogP contribution in [-0.4, -0.2) is 61.3 Å². The number of ether oxygens (including phenoxy) is 3. The first kappa shape index (κ1) is 28.4. The fraction of sp³-hybridized carbons (Fsp3) is 0.720. The topological polar surface area (TPSA) is 88.5 Å². The number of benzene rings is 1. The molecular weight excluding hydrogens is 410 g/mol. The molecule has 7 nitrogen and oxygen atoms in total. The third kappa shape index (κ3) is 9.06. The summed E-state index contributed by atoms with van der Waals surface area (Å²) in [7, 11) is 3.13. The van der Waals surface area contributed by atoms with E-state index < -0.39 is 5.60 Å². The Bertz CT molecular complexity index is 669. The molecule has 0 aliphatic rings. The van der Waals surface area contributed by atoms with Crippen LogP contribution >= 0.6 is 0 Å². The first-order chi connectivity index (χ1) is 15.2. The summed E-state index contributed by atoms with van der Waals surface area (Å²) in [6, 6.07) is 5.64. The predicted octanol–water partition coefficient (Wildman–Crippen LogP) is 3.82. The molecule has 0 heterocycles. The van der Waals surface area contributed by atoms with Crippen molar-refractivity contribution in [1.82, 2.24) is 0 Å². The van der Waals surface area contributed by atoms with Gasteiger partial charge in [-0.2, -0.15) is 0 Å². The lowest BCUT2D eigenvalue weighted by Crippen LogP contribution is -2.44. The number of nitrogens with zero attached hydrogens (tertiary/aromatic N) is 1. The van der Waals surface area contributed by atoms with E-state index in [0.717, 1.165) is 36.1 Å². The summed E-state index contributed by atoms with van der Waals surface area (Å²) in [5.74, 6) is -0.238. The van der Waals surface area contributed by atoms with E-state index in [0.29, 0.717) is 32.5 Å². The van der Waals surface area contributed by atoms with E-state index in [1.165, 1.54) is 7.11 Å². The molecule has 0 spiro atoms. The average molecular weight is 454 g/mol. The number of carbonyl (C=O) groups is 1. The minimum atomic E-state index is -0.414. The van der Waals surface area contributed by atoms with Gasteiger partial charge in [0.2, 0.25) is 0 Å². The summed E-state index contributed by atoms with van der Waals surface area (Å²) in [4.78, 5) is 13.8. The van der Waals surface area contributed by atoms with Crippen LogP contribution in [0.25, 0.3) is 0 Å². The SMILES string of the molecule is CCC(C)(CCO[C@](C)(CC)CN(CCCC(=O)OC)c1cc(CO)cc(CO)c1)OC. The molecule has 0 fully saturated rings. The van der Waals surface area contributed by atoms with Gasteiger partial charge in [0.1, 0.15) is 0 Å². The van der Waals surface area contributed by atoms with Gasteiger partial charge in [-0.15, -0.1) is 0 Å². The van der Waals surface area contributed by atoms with Gasteiger partial charge in [-0.1, -0.05) is 19.9 Å². The molecule has 2 N–H and O–H groups in total. The zero-order chi connectivity index (χ0) is 24.2. The minimum absolute atomic E-state index is 0.106. The number of methoxy groups -OCH3 is 2. The lowest BCUT2D eigenvalue weighted by Gasteiger charge is -2.37. The summed E-state index contributed by atoms with van der Waals surface area (Å²) < 4.78 is 16.8. The highest BCUT2D eigenvalue weighted by atomic mass is 16.5. The largest absolute Gasteiger partial charge is 0.469 e. The molecule has 7 heteroatoms. The summed E-state index contributed by atoms with van der Waals surface area (Å²) in [5, 5.41) is 19.3. The highest BCUT2D eigenvalue weighted by Crippen LogP contribution is 2.27. The molecule has 0 saturated carbocycles. The lowest BCUT2D eigenvalue weighted by molar-refractivity contribution is -0.140. The first-order valence-electron chi connectivity index (χ1n) is 11.5. The third-order valence-electron chi connectivity index (χ3n) is 6.40. The molecule has 1 aromatic carbocycles. The van der Waals surface area contributed by atoms with Crippen molar-refractivity contribution >= 4 is 11.7 Å². The molecule has 0 aliphatic heterocycles. The molecule has 0 bridgehead atoms. The van der Waals surface area contributed by atoms with E-state index in [2.05, 4.69) is 32.6 Å². The van der Waals surface area contributed by atoms with Crippen LogP contribution in [0.4, 0.5) is 5.69 Å². The Kier molecular flexibility index (Phi) is 12.2. The van der Waals surface area contributed by atoms with Crippen molar-refractivity contribution in [2.75, 3.05) is 38.8 Å². The zero-order valence-electron chi connectivity index (χ0n) is 20.8. The molecular formula is C25H43NO6. The smallest absolute Gasteiger partial charge is 0.305 e. The Morgan fingerprint density at radius 3 is 2.06 bits per heavy atom. The van der Waals surface area contributed by atoms with Crippen LogP contribution in [0.3, 0.4) is 0 Å². The van der Waals surface area contributed by atoms with E-state index in [4.69, 9.17) is 14.2 Å². The second-order valence-electron chi connectivity index (χ2n) is 8.83. The van der Waals surface area contributed by atoms with Crippen LogP contribution in [0.2, 0.25) is 0 Å². The Balaban J connectivity index is 3.05. The number of hydrogen-bond donors (Lipinski definition) is 2. The van der Waals surface area contributed by atoms with Crippen LogP contribution in [0.15, 0.2) is 18.2 Å². The highest BCUT2D eigenvalue weighted by molar-refractivity contribution is 5.69. The average Bonchev–Trinajstić information content (AvgIpc) is 2.82. The van der Waals surface area contributed by atoms with Gasteiger partial charge in [0.25, 0.3) is 0 Å². The molecule has 32 heavy (non-hydrogen) atoms. The number of esters is 1. The maximum Gasteiger partial charge on any atom is 0.305 e.